The standard InChI is InChI=1S/C13H17N5O2/c1-15-13-17-10-5-3-2-4-9(10)12(18-13)16-6-7-20-8-11(14)19/h2-5H,6-8H2,1H3,(H2,14,19)(H2,15,16,17,18). The van der Waals surface area contributed by atoms with Crippen molar-refractivity contribution in [2.75, 3.05) is 37.4 Å². The van der Waals surface area contributed by atoms with Crippen molar-refractivity contribution in [2.24, 2.45) is 5.73 Å². The third-order valence-corrected chi connectivity index (χ3v) is 2.61. The van der Waals surface area contributed by atoms with Crippen LogP contribution >= 0.6 is 0 Å². The molecule has 7 heteroatoms. The summed E-state index contributed by atoms with van der Waals surface area (Å²) in [6, 6.07) is 7.72. The Morgan fingerprint density at radius 2 is 2.15 bits per heavy atom. The van der Waals surface area contributed by atoms with Crippen LogP contribution < -0.4 is 16.4 Å². The lowest BCUT2D eigenvalue weighted by atomic mass is 10.2. The normalized spacial score (nSPS) is 10.4. The summed E-state index contributed by atoms with van der Waals surface area (Å²) in [6.45, 7) is 0.821. The first-order valence-electron chi connectivity index (χ1n) is 6.25. The zero-order valence-electron chi connectivity index (χ0n) is 11.2. The van der Waals surface area contributed by atoms with Crippen LogP contribution in [0.3, 0.4) is 0 Å². The minimum absolute atomic E-state index is 0.0754. The molecule has 1 aromatic heterocycles. The highest BCUT2D eigenvalue weighted by molar-refractivity contribution is 5.89. The number of primary amides is 1. The fraction of sp³-hybridized carbons (Fsp3) is 0.308. The lowest BCUT2D eigenvalue weighted by Gasteiger charge is -2.10. The predicted molar refractivity (Wildman–Crippen MR) is 77.6 cm³/mol. The summed E-state index contributed by atoms with van der Waals surface area (Å²) < 4.78 is 5.09. The largest absolute Gasteiger partial charge is 0.370 e. The number of aromatic nitrogens is 2. The van der Waals surface area contributed by atoms with Gasteiger partial charge in [-0.25, -0.2) is 4.98 Å². The second kappa shape index (κ2) is 6.67. The van der Waals surface area contributed by atoms with E-state index in [0.717, 1.165) is 16.7 Å². The first kappa shape index (κ1) is 14.0. The van der Waals surface area contributed by atoms with E-state index in [9.17, 15) is 4.79 Å². The Labute approximate surface area is 116 Å². The van der Waals surface area contributed by atoms with Gasteiger partial charge in [-0.2, -0.15) is 4.98 Å². The molecule has 2 aromatic rings. The minimum Gasteiger partial charge on any atom is -0.370 e. The fourth-order valence-corrected chi connectivity index (χ4v) is 1.74. The van der Waals surface area contributed by atoms with Crippen LogP contribution in [0.25, 0.3) is 10.9 Å². The summed E-state index contributed by atoms with van der Waals surface area (Å²) in [7, 11) is 1.77. The van der Waals surface area contributed by atoms with Gasteiger partial charge in [-0.3, -0.25) is 4.79 Å². The third kappa shape index (κ3) is 3.55. The Morgan fingerprint density at radius 1 is 1.35 bits per heavy atom. The lowest BCUT2D eigenvalue weighted by molar-refractivity contribution is -0.122. The van der Waals surface area contributed by atoms with Crippen molar-refractivity contribution in [3.8, 4) is 0 Å². The van der Waals surface area contributed by atoms with Gasteiger partial charge in [-0.15, -0.1) is 0 Å². The van der Waals surface area contributed by atoms with Crippen molar-refractivity contribution < 1.29 is 9.53 Å². The molecule has 0 saturated carbocycles. The van der Waals surface area contributed by atoms with E-state index in [1.165, 1.54) is 0 Å². The van der Waals surface area contributed by atoms with Crippen LogP contribution in [0.2, 0.25) is 0 Å². The van der Waals surface area contributed by atoms with Crippen LogP contribution in [0.15, 0.2) is 24.3 Å². The van der Waals surface area contributed by atoms with Crippen molar-refractivity contribution in [1.82, 2.24) is 9.97 Å². The van der Waals surface area contributed by atoms with Crippen LogP contribution in [0.5, 0.6) is 0 Å². The predicted octanol–water partition coefficient (Wildman–Crippen LogP) is 0.585. The van der Waals surface area contributed by atoms with E-state index in [4.69, 9.17) is 10.5 Å². The van der Waals surface area contributed by atoms with E-state index in [0.29, 0.717) is 19.1 Å². The van der Waals surface area contributed by atoms with Crippen molar-refractivity contribution in [3.63, 3.8) is 0 Å². The molecule has 1 heterocycles. The monoisotopic (exact) mass is 275 g/mol. The van der Waals surface area contributed by atoms with E-state index in [-0.39, 0.29) is 6.61 Å². The van der Waals surface area contributed by atoms with Crippen molar-refractivity contribution in [3.05, 3.63) is 24.3 Å². The van der Waals surface area contributed by atoms with Crippen molar-refractivity contribution in [2.45, 2.75) is 0 Å². The highest BCUT2D eigenvalue weighted by Crippen LogP contribution is 2.21. The Balaban J connectivity index is 2.06. The average molecular weight is 275 g/mol. The Morgan fingerprint density at radius 3 is 2.90 bits per heavy atom. The molecule has 0 aliphatic rings. The summed E-state index contributed by atoms with van der Waals surface area (Å²) in [5.74, 6) is 0.793. The van der Waals surface area contributed by atoms with Gasteiger partial charge in [0.25, 0.3) is 0 Å². The van der Waals surface area contributed by atoms with E-state index in [2.05, 4.69) is 20.6 Å². The zero-order valence-corrected chi connectivity index (χ0v) is 11.2. The number of hydrogen-bond donors (Lipinski definition) is 3. The molecule has 0 radical (unpaired) electrons. The number of hydrogen-bond acceptors (Lipinski definition) is 6. The second-order valence-electron chi connectivity index (χ2n) is 4.11. The molecule has 1 aromatic carbocycles. The van der Waals surface area contributed by atoms with Crippen LogP contribution in [0, 0.1) is 0 Å². The maximum Gasteiger partial charge on any atom is 0.243 e. The molecule has 0 aliphatic heterocycles. The smallest absolute Gasteiger partial charge is 0.243 e. The number of benzene rings is 1. The molecule has 2 rings (SSSR count). The Kier molecular flexibility index (Phi) is 4.67. The van der Waals surface area contributed by atoms with Crippen LogP contribution in [-0.4, -0.2) is 42.7 Å². The quantitative estimate of drug-likeness (QED) is 0.639. The van der Waals surface area contributed by atoms with Gasteiger partial charge in [-0.05, 0) is 12.1 Å². The van der Waals surface area contributed by atoms with Crippen LogP contribution in [0.4, 0.5) is 11.8 Å². The first-order valence-corrected chi connectivity index (χ1v) is 6.25. The molecule has 0 bridgehead atoms. The van der Waals surface area contributed by atoms with Crippen LogP contribution in [-0.2, 0) is 9.53 Å². The van der Waals surface area contributed by atoms with Gasteiger partial charge in [0.15, 0.2) is 0 Å². The molecule has 0 saturated heterocycles. The minimum atomic E-state index is -0.477. The number of nitrogens with two attached hydrogens (primary N) is 1. The van der Waals surface area contributed by atoms with Crippen molar-refractivity contribution in [1.29, 1.82) is 0 Å². The number of carbonyl (C=O) groups excluding carboxylic acids is 1. The molecular weight excluding hydrogens is 258 g/mol. The van der Waals surface area contributed by atoms with E-state index >= 15 is 0 Å². The molecule has 0 fully saturated rings. The number of amides is 1. The number of nitrogens with zero attached hydrogens (tertiary/aromatic N) is 2. The Bertz CT molecular complexity index is 602. The Hall–Kier alpha value is -2.41. The van der Waals surface area contributed by atoms with Gasteiger partial charge in [-0.1, -0.05) is 12.1 Å². The first-order chi connectivity index (χ1) is 9.70. The van der Waals surface area contributed by atoms with Gasteiger partial charge in [0.1, 0.15) is 12.4 Å². The molecular formula is C13H17N5O2. The number of rotatable bonds is 7. The molecule has 20 heavy (non-hydrogen) atoms. The highest BCUT2D eigenvalue weighted by atomic mass is 16.5. The fourth-order valence-electron chi connectivity index (χ4n) is 1.74. The molecule has 4 N–H and O–H groups in total. The second-order valence-corrected chi connectivity index (χ2v) is 4.11. The third-order valence-electron chi connectivity index (χ3n) is 2.61. The van der Waals surface area contributed by atoms with E-state index in [1.807, 2.05) is 24.3 Å². The van der Waals surface area contributed by atoms with E-state index < -0.39 is 5.91 Å². The molecule has 106 valence electrons. The van der Waals surface area contributed by atoms with Gasteiger partial charge in [0.05, 0.1) is 12.1 Å². The number of para-hydroxylation sites is 1. The summed E-state index contributed by atoms with van der Waals surface area (Å²) in [5.41, 5.74) is 5.84. The van der Waals surface area contributed by atoms with Crippen molar-refractivity contribution >= 4 is 28.6 Å². The van der Waals surface area contributed by atoms with E-state index in [1.54, 1.807) is 7.05 Å². The number of fused-ring (bicyclic) bond motifs is 1. The lowest BCUT2D eigenvalue weighted by Crippen LogP contribution is -2.20. The summed E-state index contributed by atoms with van der Waals surface area (Å²) in [5, 5.41) is 7.02. The van der Waals surface area contributed by atoms with Gasteiger partial charge in [0, 0.05) is 19.0 Å². The maximum atomic E-state index is 10.5. The molecule has 1 amide bonds. The molecule has 0 aliphatic carbocycles. The maximum absolute atomic E-state index is 10.5. The molecule has 0 atom stereocenters. The van der Waals surface area contributed by atoms with Crippen LogP contribution in [0.1, 0.15) is 0 Å². The SMILES string of the molecule is CNc1nc(NCCOCC(N)=O)c2ccccc2n1. The zero-order chi connectivity index (χ0) is 14.4. The summed E-state index contributed by atoms with van der Waals surface area (Å²) in [4.78, 5) is 19.3. The number of nitrogens with one attached hydrogen (secondary N) is 2. The highest BCUT2D eigenvalue weighted by Gasteiger charge is 2.06. The average Bonchev–Trinajstić information content (AvgIpc) is 2.46. The number of carbonyl (C=O) groups is 1. The summed E-state index contributed by atoms with van der Waals surface area (Å²) >= 11 is 0. The topological polar surface area (TPSA) is 102 Å². The van der Waals surface area contributed by atoms with Gasteiger partial charge in [0.2, 0.25) is 11.9 Å². The molecule has 7 nitrogen and oxygen atoms in total. The number of anilines is 2. The summed E-state index contributed by atoms with van der Waals surface area (Å²) in [6.07, 6.45) is 0. The molecule has 0 unspecified atom stereocenters. The number of ether oxygens (including phenoxy) is 1. The van der Waals surface area contributed by atoms with Gasteiger partial charge < -0.3 is 21.1 Å². The van der Waals surface area contributed by atoms with Gasteiger partial charge >= 0.3 is 0 Å². The molecule has 0 spiro atoms.